The second-order valence-electron chi connectivity index (χ2n) is 8.73. The van der Waals surface area contributed by atoms with Crippen molar-refractivity contribution in [3.63, 3.8) is 0 Å². The number of anilines is 1. The van der Waals surface area contributed by atoms with Crippen LogP contribution in [0.1, 0.15) is 49.0 Å². The quantitative estimate of drug-likeness (QED) is 0.678. The van der Waals surface area contributed by atoms with Crippen molar-refractivity contribution >= 4 is 17.5 Å². The van der Waals surface area contributed by atoms with E-state index < -0.39 is 17.2 Å². The molecule has 164 valence electrons. The first-order valence-corrected chi connectivity index (χ1v) is 9.88. The zero-order chi connectivity index (χ0) is 22.6. The minimum absolute atomic E-state index is 0.00593. The SMILES string of the molecule is Cc1nnc2nc(NCc3cccc(C(F)(F)F)c3)c3c(n12)CN(C(=O)C(C)(C)C)C3. The molecule has 1 N–H and O–H groups in total. The highest BCUT2D eigenvalue weighted by Crippen LogP contribution is 2.33. The van der Waals surface area contributed by atoms with Crippen molar-refractivity contribution in [3.05, 3.63) is 52.5 Å². The number of hydrogen-bond acceptors (Lipinski definition) is 5. The predicted octanol–water partition coefficient (Wildman–Crippen LogP) is 3.95. The van der Waals surface area contributed by atoms with Crippen molar-refractivity contribution in [2.45, 2.75) is 53.5 Å². The maximum Gasteiger partial charge on any atom is 0.416 e. The standard InChI is InChI=1S/C21H23F3N6O/c1-12-27-28-19-26-17(25-9-13-6-5-7-14(8-13)21(22,23)24)15-10-29(11-16(15)30(12)19)18(31)20(2,3)4/h5-8H,9-11H2,1-4H3,(H,25,26,28). The summed E-state index contributed by atoms with van der Waals surface area (Å²) in [7, 11) is 0. The number of carbonyl (C=O) groups is 1. The van der Waals surface area contributed by atoms with Crippen LogP contribution in [-0.4, -0.2) is 30.4 Å². The van der Waals surface area contributed by atoms with Crippen molar-refractivity contribution in [1.82, 2.24) is 24.5 Å². The third kappa shape index (κ3) is 3.94. The number of hydrogen-bond donors (Lipinski definition) is 1. The van der Waals surface area contributed by atoms with Gasteiger partial charge >= 0.3 is 6.18 Å². The van der Waals surface area contributed by atoms with E-state index in [2.05, 4.69) is 20.5 Å². The Balaban J connectivity index is 1.67. The predicted molar refractivity (Wildman–Crippen MR) is 108 cm³/mol. The fourth-order valence-corrected chi connectivity index (χ4v) is 3.75. The highest BCUT2D eigenvalue weighted by atomic mass is 19.4. The summed E-state index contributed by atoms with van der Waals surface area (Å²) in [6.07, 6.45) is -4.40. The van der Waals surface area contributed by atoms with E-state index in [-0.39, 0.29) is 12.5 Å². The molecule has 0 saturated carbocycles. The molecule has 0 aliphatic carbocycles. The first-order chi connectivity index (χ1) is 14.4. The lowest BCUT2D eigenvalue weighted by atomic mass is 9.95. The molecule has 1 amide bonds. The summed E-state index contributed by atoms with van der Waals surface area (Å²) < 4.78 is 40.9. The number of fused-ring (bicyclic) bond motifs is 3. The number of benzene rings is 1. The Morgan fingerprint density at radius 1 is 1.16 bits per heavy atom. The molecule has 0 fully saturated rings. The summed E-state index contributed by atoms with van der Waals surface area (Å²) in [4.78, 5) is 19.1. The average Bonchev–Trinajstić information content (AvgIpc) is 3.28. The number of aromatic nitrogens is 4. The highest BCUT2D eigenvalue weighted by Gasteiger charge is 2.35. The van der Waals surface area contributed by atoms with Crippen molar-refractivity contribution < 1.29 is 18.0 Å². The topological polar surface area (TPSA) is 75.4 Å². The summed E-state index contributed by atoms with van der Waals surface area (Å²) >= 11 is 0. The van der Waals surface area contributed by atoms with Crippen molar-refractivity contribution in [2.24, 2.45) is 5.41 Å². The van der Waals surface area contributed by atoms with Gasteiger partial charge in [-0.1, -0.05) is 32.9 Å². The molecule has 0 atom stereocenters. The van der Waals surface area contributed by atoms with Gasteiger partial charge in [0.1, 0.15) is 11.6 Å². The third-order valence-corrected chi connectivity index (χ3v) is 5.26. The van der Waals surface area contributed by atoms with Crippen LogP contribution in [0.2, 0.25) is 0 Å². The summed E-state index contributed by atoms with van der Waals surface area (Å²) in [6, 6.07) is 5.16. The van der Waals surface area contributed by atoms with E-state index >= 15 is 0 Å². The molecule has 3 heterocycles. The minimum Gasteiger partial charge on any atom is -0.366 e. The molecule has 10 heteroatoms. The van der Waals surface area contributed by atoms with Crippen LogP contribution in [0.15, 0.2) is 24.3 Å². The van der Waals surface area contributed by atoms with Crippen LogP contribution in [0.3, 0.4) is 0 Å². The Morgan fingerprint density at radius 3 is 2.58 bits per heavy atom. The Hall–Kier alpha value is -3.17. The number of alkyl halides is 3. The lowest BCUT2D eigenvalue weighted by Crippen LogP contribution is -2.35. The van der Waals surface area contributed by atoms with Crippen molar-refractivity contribution in [1.29, 1.82) is 0 Å². The van der Waals surface area contributed by atoms with Gasteiger partial charge in [-0.3, -0.25) is 9.20 Å². The summed E-state index contributed by atoms with van der Waals surface area (Å²) in [5, 5.41) is 11.3. The minimum atomic E-state index is -4.40. The van der Waals surface area contributed by atoms with E-state index in [9.17, 15) is 18.0 Å². The van der Waals surface area contributed by atoms with Gasteiger partial charge in [-0.05, 0) is 24.6 Å². The van der Waals surface area contributed by atoms with Gasteiger partial charge in [0.05, 0.1) is 24.3 Å². The Labute approximate surface area is 177 Å². The first-order valence-electron chi connectivity index (χ1n) is 9.88. The van der Waals surface area contributed by atoms with E-state index in [0.717, 1.165) is 23.4 Å². The van der Waals surface area contributed by atoms with Crippen LogP contribution in [0.5, 0.6) is 0 Å². The van der Waals surface area contributed by atoms with E-state index in [4.69, 9.17) is 0 Å². The smallest absolute Gasteiger partial charge is 0.366 e. The Morgan fingerprint density at radius 2 is 1.90 bits per heavy atom. The molecule has 3 aromatic rings. The molecular weight excluding hydrogens is 409 g/mol. The van der Waals surface area contributed by atoms with Gasteiger partial charge in [-0.2, -0.15) is 18.2 Å². The monoisotopic (exact) mass is 432 g/mol. The van der Waals surface area contributed by atoms with E-state index in [1.54, 1.807) is 11.0 Å². The summed E-state index contributed by atoms with van der Waals surface area (Å²) in [5.41, 5.74) is 0.915. The second kappa shape index (κ2) is 7.21. The largest absolute Gasteiger partial charge is 0.416 e. The molecular formula is C21H23F3N6O. The van der Waals surface area contributed by atoms with Crippen LogP contribution in [0, 0.1) is 12.3 Å². The number of carbonyl (C=O) groups excluding carboxylic acids is 1. The Kier molecular flexibility index (Phi) is 4.90. The van der Waals surface area contributed by atoms with Gasteiger partial charge in [0.15, 0.2) is 0 Å². The normalized spacial score (nSPS) is 14.2. The van der Waals surface area contributed by atoms with E-state index in [0.29, 0.717) is 36.1 Å². The van der Waals surface area contributed by atoms with Gasteiger partial charge in [0.25, 0.3) is 5.78 Å². The second-order valence-corrected chi connectivity index (χ2v) is 8.73. The lowest BCUT2D eigenvalue weighted by Gasteiger charge is -2.25. The van der Waals surface area contributed by atoms with Crippen LogP contribution in [0.4, 0.5) is 19.0 Å². The van der Waals surface area contributed by atoms with E-state index in [1.807, 2.05) is 32.1 Å². The lowest BCUT2D eigenvalue weighted by molar-refractivity contribution is -0.140. The maximum atomic E-state index is 13.0. The van der Waals surface area contributed by atoms with Gasteiger partial charge in [-0.15, -0.1) is 10.2 Å². The fraction of sp³-hybridized carbons (Fsp3) is 0.429. The molecule has 1 aliphatic heterocycles. The van der Waals surface area contributed by atoms with E-state index in [1.165, 1.54) is 6.07 Å². The number of amides is 1. The van der Waals surface area contributed by atoms with Gasteiger partial charge < -0.3 is 10.2 Å². The molecule has 4 rings (SSSR count). The number of nitrogens with one attached hydrogen (secondary N) is 1. The molecule has 2 aromatic heterocycles. The molecule has 0 saturated heterocycles. The first kappa shape index (κ1) is 21.1. The van der Waals surface area contributed by atoms with Crippen molar-refractivity contribution in [2.75, 3.05) is 5.32 Å². The van der Waals surface area contributed by atoms with Crippen LogP contribution < -0.4 is 5.32 Å². The third-order valence-electron chi connectivity index (χ3n) is 5.26. The van der Waals surface area contributed by atoms with Crippen LogP contribution >= 0.6 is 0 Å². The molecule has 7 nitrogen and oxygen atoms in total. The fourth-order valence-electron chi connectivity index (χ4n) is 3.75. The van der Waals surface area contributed by atoms with Gasteiger partial charge in [0, 0.05) is 17.5 Å². The average molecular weight is 432 g/mol. The van der Waals surface area contributed by atoms with Crippen LogP contribution in [-0.2, 0) is 30.6 Å². The van der Waals surface area contributed by atoms with Gasteiger partial charge in [0.2, 0.25) is 5.91 Å². The summed E-state index contributed by atoms with van der Waals surface area (Å²) in [5.74, 6) is 1.55. The molecule has 31 heavy (non-hydrogen) atoms. The number of rotatable bonds is 3. The molecule has 0 radical (unpaired) electrons. The number of nitrogens with zero attached hydrogens (tertiary/aromatic N) is 5. The number of aryl methyl sites for hydroxylation is 1. The zero-order valence-electron chi connectivity index (χ0n) is 17.7. The van der Waals surface area contributed by atoms with Crippen LogP contribution in [0.25, 0.3) is 5.78 Å². The van der Waals surface area contributed by atoms with Crippen molar-refractivity contribution in [3.8, 4) is 0 Å². The Bertz CT molecular complexity index is 1160. The molecule has 0 bridgehead atoms. The molecule has 0 unspecified atom stereocenters. The highest BCUT2D eigenvalue weighted by molar-refractivity contribution is 5.82. The molecule has 0 spiro atoms. The maximum absolute atomic E-state index is 13.0. The molecule has 1 aromatic carbocycles. The van der Waals surface area contributed by atoms with Gasteiger partial charge in [-0.25, -0.2) is 0 Å². The number of halogens is 3. The zero-order valence-corrected chi connectivity index (χ0v) is 17.7. The summed E-state index contributed by atoms with van der Waals surface area (Å²) in [6.45, 7) is 8.30. The molecule has 1 aliphatic rings.